The zero-order valence-corrected chi connectivity index (χ0v) is 10.6. The SMILES string of the molecule is CCNCc1ccc(OCCC(C)C)cc1. The van der Waals surface area contributed by atoms with E-state index in [4.69, 9.17) is 4.74 Å². The lowest BCUT2D eigenvalue weighted by atomic mass is 10.1. The lowest BCUT2D eigenvalue weighted by Gasteiger charge is -2.08. The Labute approximate surface area is 99.0 Å². The second-order valence-electron chi connectivity index (χ2n) is 4.46. The molecule has 0 amide bonds. The Hall–Kier alpha value is -1.02. The molecule has 0 saturated heterocycles. The monoisotopic (exact) mass is 221 g/mol. The van der Waals surface area contributed by atoms with Gasteiger partial charge in [0.1, 0.15) is 5.75 Å². The lowest BCUT2D eigenvalue weighted by molar-refractivity contribution is 0.289. The van der Waals surface area contributed by atoms with Crippen molar-refractivity contribution in [3.8, 4) is 5.75 Å². The standard InChI is InChI=1S/C14H23NO/c1-4-15-11-13-5-7-14(8-6-13)16-10-9-12(2)3/h5-8,12,15H,4,9-11H2,1-3H3. The molecule has 0 saturated carbocycles. The van der Waals surface area contributed by atoms with E-state index in [1.165, 1.54) is 5.56 Å². The minimum atomic E-state index is 0.702. The first kappa shape index (κ1) is 13.0. The summed E-state index contributed by atoms with van der Waals surface area (Å²) in [4.78, 5) is 0. The van der Waals surface area contributed by atoms with Crippen LogP contribution >= 0.6 is 0 Å². The van der Waals surface area contributed by atoms with Gasteiger partial charge in [-0.15, -0.1) is 0 Å². The van der Waals surface area contributed by atoms with Crippen molar-refractivity contribution in [1.29, 1.82) is 0 Å². The number of benzene rings is 1. The fraction of sp³-hybridized carbons (Fsp3) is 0.571. The van der Waals surface area contributed by atoms with Gasteiger partial charge in [-0.1, -0.05) is 32.9 Å². The molecule has 0 aliphatic rings. The van der Waals surface area contributed by atoms with E-state index >= 15 is 0 Å². The number of ether oxygens (including phenoxy) is 1. The van der Waals surface area contributed by atoms with Crippen LogP contribution in [0.4, 0.5) is 0 Å². The normalized spacial score (nSPS) is 10.8. The van der Waals surface area contributed by atoms with E-state index in [2.05, 4.69) is 38.2 Å². The summed E-state index contributed by atoms with van der Waals surface area (Å²) < 4.78 is 5.66. The van der Waals surface area contributed by atoms with Gasteiger partial charge in [0.05, 0.1) is 6.61 Å². The molecule has 0 bridgehead atoms. The number of nitrogens with one attached hydrogen (secondary N) is 1. The van der Waals surface area contributed by atoms with Gasteiger partial charge in [-0.25, -0.2) is 0 Å². The molecule has 1 rings (SSSR count). The van der Waals surface area contributed by atoms with Gasteiger partial charge < -0.3 is 10.1 Å². The van der Waals surface area contributed by atoms with Gasteiger partial charge in [0, 0.05) is 6.54 Å². The van der Waals surface area contributed by atoms with Crippen LogP contribution in [0.3, 0.4) is 0 Å². The van der Waals surface area contributed by atoms with Crippen LogP contribution in [0.1, 0.15) is 32.8 Å². The second kappa shape index (κ2) is 7.29. The Balaban J connectivity index is 2.33. The highest BCUT2D eigenvalue weighted by atomic mass is 16.5. The zero-order chi connectivity index (χ0) is 11.8. The van der Waals surface area contributed by atoms with Crippen molar-refractivity contribution in [3.05, 3.63) is 29.8 Å². The second-order valence-corrected chi connectivity index (χ2v) is 4.46. The van der Waals surface area contributed by atoms with Crippen LogP contribution in [0.2, 0.25) is 0 Å². The van der Waals surface area contributed by atoms with Crippen LogP contribution in [-0.2, 0) is 6.54 Å². The van der Waals surface area contributed by atoms with Crippen LogP contribution in [0, 0.1) is 5.92 Å². The highest BCUT2D eigenvalue weighted by Crippen LogP contribution is 2.13. The van der Waals surface area contributed by atoms with Gasteiger partial charge in [-0.05, 0) is 36.6 Å². The van der Waals surface area contributed by atoms with Crippen molar-refractivity contribution in [2.75, 3.05) is 13.2 Å². The molecular formula is C14H23NO. The number of rotatable bonds is 7. The fourth-order valence-electron chi connectivity index (χ4n) is 1.39. The van der Waals surface area contributed by atoms with E-state index in [1.807, 2.05) is 12.1 Å². The van der Waals surface area contributed by atoms with Crippen molar-refractivity contribution in [2.45, 2.75) is 33.7 Å². The number of hydrogen-bond donors (Lipinski definition) is 1. The van der Waals surface area contributed by atoms with Crippen LogP contribution < -0.4 is 10.1 Å². The molecule has 0 radical (unpaired) electrons. The molecule has 0 heterocycles. The molecule has 16 heavy (non-hydrogen) atoms. The van der Waals surface area contributed by atoms with Crippen molar-refractivity contribution < 1.29 is 4.74 Å². The molecule has 0 aliphatic carbocycles. The fourth-order valence-corrected chi connectivity index (χ4v) is 1.39. The zero-order valence-electron chi connectivity index (χ0n) is 10.6. The summed E-state index contributed by atoms with van der Waals surface area (Å²) in [6.45, 7) is 9.29. The first-order chi connectivity index (χ1) is 7.72. The summed E-state index contributed by atoms with van der Waals surface area (Å²) in [6, 6.07) is 8.33. The van der Waals surface area contributed by atoms with Crippen molar-refractivity contribution >= 4 is 0 Å². The summed E-state index contributed by atoms with van der Waals surface area (Å²) in [7, 11) is 0. The van der Waals surface area contributed by atoms with E-state index < -0.39 is 0 Å². The van der Waals surface area contributed by atoms with Gasteiger partial charge in [0.15, 0.2) is 0 Å². The van der Waals surface area contributed by atoms with Gasteiger partial charge in [-0.2, -0.15) is 0 Å². The van der Waals surface area contributed by atoms with E-state index in [0.717, 1.165) is 31.9 Å². The Bertz CT molecular complexity index is 279. The summed E-state index contributed by atoms with van der Waals surface area (Å²) in [5.41, 5.74) is 1.30. The smallest absolute Gasteiger partial charge is 0.119 e. The Kier molecular flexibility index (Phi) is 5.94. The Morgan fingerprint density at radius 3 is 2.44 bits per heavy atom. The molecule has 1 aromatic carbocycles. The highest BCUT2D eigenvalue weighted by molar-refractivity contribution is 5.27. The topological polar surface area (TPSA) is 21.3 Å². The minimum absolute atomic E-state index is 0.702. The average Bonchev–Trinajstić information content (AvgIpc) is 2.27. The van der Waals surface area contributed by atoms with E-state index in [1.54, 1.807) is 0 Å². The largest absolute Gasteiger partial charge is 0.494 e. The van der Waals surface area contributed by atoms with Crippen LogP contribution in [-0.4, -0.2) is 13.2 Å². The molecule has 0 fully saturated rings. The van der Waals surface area contributed by atoms with Gasteiger partial charge >= 0.3 is 0 Å². The molecule has 0 atom stereocenters. The molecule has 1 N–H and O–H groups in total. The maximum atomic E-state index is 5.66. The molecule has 1 aromatic rings. The first-order valence-corrected chi connectivity index (χ1v) is 6.14. The molecule has 0 unspecified atom stereocenters. The molecule has 0 aromatic heterocycles. The van der Waals surface area contributed by atoms with Gasteiger partial charge in [0.2, 0.25) is 0 Å². The van der Waals surface area contributed by atoms with Gasteiger partial charge in [-0.3, -0.25) is 0 Å². The average molecular weight is 221 g/mol. The van der Waals surface area contributed by atoms with E-state index in [9.17, 15) is 0 Å². The van der Waals surface area contributed by atoms with Gasteiger partial charge in [0.25, 0.3) is 0 Å². The quantitative estimate of drug-likeness (QED) is 0.763. The maximum Gasteiger partial charge on any atom is 0.119 e. The molecule has 2 nitrogen and oxygen atoms in total. The molecule has 0 spiro atoms. The molecule has 2 heteroatoms. The van der Waals surface area contributed by atoms with E-state index in [0.29, 0.717) is 5.92 Å². The molecule has 90 valence electrons. The minimum Gasteiger partial charge on any atom is -0.494 e. The first-order valence-electron chi connectivity index (χ1n) is 6.14. The highest BCUT2D eigenvalue weighted by Gasteiger charge is 1.97. The Morgan fingerprint density at radius 2 is 1.88 bits per heavy atom. The van der Waals surface area contributed by atoms with E-state index in [-0.39, 0.29) is 0 Å². The van der Waals surface area contributed by atoms with Crippen LogP contribution in [0.25, 0.3) is 0 Å². The molecule has 0 aliphatic heterocycles. The lowest BCUT2D eigenvalue weighted by Crippen LogP contribution is -2.11. The number of hydrogen-bond acceptors (Lipinski definition) is 2. The summed E-state index contributed by atoms with van der Waals surface area (Å²) in [5, 5.41) is 3.30. The van der Waals surface area contributed by atoms with Crippen LogP contribution in [0.5, 0.6) is 5.75 Å². The van der Waals surface area contributed by atoms with Crippen LogP contribution in [0.15, 0.2) is 24.3 Å². The third kappa shape index (κ3) is 5.17. The summed E-state index contributed by atoms with van der Waals surface area (Å²) >= 11 is 0. The third-order valence-electron chi connectivity index (χ3n) is 2.47. The summed E-state index contributed by atoms with van der Waals surface area (Å²) in [6.07, 6.45) is 1.11. The predicted octanol–water partition coefficient (Wildman–Crippen LogP) is 3.22. The van der Waals surface area contributed by atoms with Crippen molar-refractivity contribution in [2.24, 2.45) is 5.92 Å². The third-order valence-corrected chi connectivity index (χ3v) is 2.47. The van der Waals surface area contributed by atoms with Crippen molar-refractivity contribution in [1.82, 2.24) is 5.32 Å². The Morgan fingerprint density at radius 1 is 1.19 bits per heavy atom. The maximum absolute atomic E-state index is 5.66. The summed E-state index contributed by atoms with van der Waals surface area (Å²) in [5.74, 6) is 1.67. The predicted molar refractivity (Wildman–Crippen MR) is 68.8 cm³/mol. The van der Waals surface area contributed by atoms with Crippen molar-refractivity contribution in [3.63, 3.8) is 0 Å². The molecular weight excluding hydrogens is 198 g/mol.